The Balaban J connectivity index is 2.33. The molecule has 0 aliphatic rings. The van der Waals surface area contributed by atoms with Gasteiger partial charge in [-0.15, -0.1) is 11.3 Å². The molecule has 0 unspecified atom stereocenters. The van der Waals surface area contributed by atoms with Gasteiger partial charge < -0.3 is 5.73 Å². The first-order chi connectivity index (χ1) is 8.38. The lowest BCUT2D eigenvalue weighted by atomic mass is 10.4. The number of sulfonamides is 1. The summed E-state index contributed by atoms with van der Waals surface area (Å²) in [6.07, 6.45) is 1.35. The lowest BCUT2D eigenvalue weighted by molar-refractivity contribution is 0.601. The molecular formula is C10H12N4O2S2. The van der Waals surface area contributed by atoms with Gasteiger partial charge in [0.15, 0.2) is 5.13 Å². The minimum atomic E-state index is -3.66. The van der Waals surface area contributed by atoms with Crippen LogP contribution in [0.1, 0.15) is 10.6 Å². The van der Waals surface area contributed by atoms with Gasteiger partial charge in [0.25, 0.3) is 10.0 Å². The molecule has 18 heavy (non-hydrogen) atoms. The van der Waals surface area contributed by atoms with Crippen molar-refractivity contribution in [2.24, 2.45) is 0 Å². The van der Waals surface area contributed by atoms with Gasteiger partial charge in [0.05, 0.1) is 10.6 Å². The summed E-state index contributed by atoms with van der Waals surface area (Å²) in [4.78, 5) is 8.92. The van der Waals surface area contributed by atoms with Crippen LogP contribution in [-0.2, 0) is 10.0 Å². The lowest BCUT2D eigenvalue weighted by Gasteiger charge is -2.04. The summed E-state index contributed by atoms with van der Waals surface area (Å²) in [5.41, 5.74) is 6.27. The van der Waals surface area contributed by atoms with Crippen LogP contribution in [0.15, 0.2) is 23.2 Å². The fraction of sp³-hybridized carbons (Fsp3) is 0.200. The first-order valence-corrected chi connectivity index (χ1v) is 7.37. The highest BCUT2D eigenvalue weighted by Crippen LogP contribution is 2.24. The van der Waals surface area contributed by atoms with E-state index in [-0.39, 0.29) is 10.7 Å². The number of hydrogen-bond acceptors (Lipinski definition) is 6. The second kappa shape index (κ2) is 4.54. The van der Waals surface area contributed by atoms with Crippen molar-refractivity contribution in [1.29, 1.82) is 0 Å². The Morgan fingerprint density at radius 2 is 2.11 bits per heavy atom. The molecule has 0 bridgehead atoms. The third-order valence-electron chi connectivity index (χ3n) is 2.31. The van der Waals surface area contributed by atoms with Crippen LogP contribution in [-0.4, -0.2) is 18.4 Å². The normalized spacial score (nSPS) is 11.4. The Kier molecular flexibility index (Phi) is 3.22. The molecule has 0 aliphatic carbocycles. The zero-order valence-corrected chi connectivity index (χ0v) is 11.5. The Labute approximate surface area is 109 Å². The summed E-state index contributed by atoms with van der Waals surface area (Å²) < 4.78 is 26.5. The van der Waals surface area contributed by atoms with E-state index in [0.717, 1.165) is 10.6 Å². The summed E-state index contributed by atoms with van der Waals surface area (Å²) >= 11 is 1.29. The zero-order valence-electron chi connectivity index (χ0n) is 9.84. The number of anilines is 2. The smallest absolute Gasteiger partial charge is 0.263 e. The van der Waals surface area contributed by atoms with Crippen LogP contribution >= 0.6 is 11.3 Å². The van der Waals surface area contributed by atoms with E-state index in [2.05, 4.69) is 14.7 Å². The van der Waals surface area contributed by atoms with Crippen molar-refractivity contribution >= 4 is 32.3 Å². The third-order valence-corrected chi connectivity index (χ3v) is 4.77. The van der Waals surface area contributed by atoms with Crippen molar-refractivity contribution in [3.8, 4) is 0 Å². The molecule has 6 nitrogen and oxygen atoms in total. The molecule has 0 spiro atoms. The molecule has 0 atom stereocenters. The molecule has 0 aromatic carbocycles. The van der Waals surface area contributed by atoms with E-state index in [4.69, 9.17) is 5.73 Å². The number of aromatic nitrogens is 2. The average Bonchev–Trinajstić information content (AvgIpc) is 2.57. The number of hydrogen-bond donors (Lipinski definition) is 2. The molecule has 0 fully saturated rings. The predicted molar refractivity (Wildman–Crippen MR) is 71.0 cm³/mol. The van der Waals surface area contributed by atoms with Gasteiger partial charge in [0.1, 0.15) is 5.82 Å². The Morgan fingerprint density at radius 3 is 2.67 bits per heavy atom. The zero-order chi connectivity index (χ0) is 13.3. The number of aryl methyl sites for hydroxylation is 2. The Morgan fingerprint density at radius 1 is 1.39 bits per heavy atom. The molecular weight excluding hydrogens is 272 g/mol. The first-order valence-electron chi connectivity index (χ1n) is 5.07. The van der Waals surface area contributed by atoms with Crippen molar-refractivity contribution in [3.63, 3.8) is 0 Å². The Bertz CT molecular complexity index is 659. The summed E-state index contributed by atoms with van der Waals surface area (Å²) in [6, 6.07) is 2.68. The van der Waals surface area contributed by atoms with Gasteiger partial charge in [0, 0.05) is 17.1 Å². The average molecular weight is 284 g/mol. The highest BCUT2D eigenvalue weighted by Gasteiger charge is 2.17. The summed E-state index contributed by atoms with van der Waals surface area (Å²) in [5.74, 6) is 0.157. The molecule has 96 valence electrons. The molecule has 3 N–H and O–H groups in total. The second-order valence-corrected chi connectivity index (χ2v) is 6.57. The molecule has 2 aromatic rings. The van der Waals surface area contributed by atoms with Gasteiger partial charge in [-0.3, -0.25) is 4.72 Å². The molecule has 2 heterocycles. The maximum Gasteiger partial charge on any atom is 0.263 e. The molecule has 0 aliphatic heterocycles. The van der Waals surface area contributed by atoms with Crippen molar-refractivity contribution in [1.82, 2.24) is 9.97 Å². The van der Waals surface area contributed by atoms with Gasteiger partial charge in [-0.1, -0.05) is 0 Å². The van der Waals surface area contributed by atoms with Crippen LogP contribution in [0.5, 0.6) is 0 Å². The monoisotopic (exact) mass is 284 g/mol. The summed E-state index contributed by atoms with van der Waals surface area (Å²) in [5, 5.41) is 0.348. The van der Waals surface area contributed by atoms with E-state index in [9.17, 15) is 8.42 Å². The van der Waals surface area contributed by atoms with Gasteiger partial charge in [-0.25, -0.2) is 18.4 Å². The van der Waals surface area contributed by atoms with Crippen LogP contribution in [0.2, 0.25) is 0 Å². The van der Waals surface area contributed by atoms with Gasteiger partial charge in [-0.2, -0.15) is 0 Å². The number of nitrogen functional groups attached to an aromatic ring is 1. The standard InChI is InChI=1S/C10H12N4O2S2/c1-6-7(2)17-10(13-6)14-18(15,16)8-3-4-12-9(11)5-8/h3-5H,1-2H3,(H2,11,12)(H,13,14). The van der Waals surface area contributed by atoms with Crippen molar-refractivity contribution in [3.05, 3.63) is 28.9 Å². The van der Waals surface area contributed by atoms with Gasteiger partial charge in [0.2, 0.25) is 0 Å². The molecule has 8 heteroatoms. The van der Waals surface area contributed by atoms with E-state index < -0.39 is 10.0 Å². The number of rotatable bonds is 3. The number of nitrogens with zero attached hydrogens (tertiary/aromatic N) is 2. The number of nitrogens with one attached hydrogen (secondary N) is 1. The maximum absolute atomic E-state index is 12.0. The van der Waals surface area contributed by atoms with Gasteiger partial charge in [-0.05, 0) is 19.9 Å². The summed E-state index contributed by atoms with van der Waals surface area (Å²) in [6.45, 7) is 3.71. The number of nitrogens with two attached hydrogens (primary N) is 1. The maximum atomic E-state index is 12.0. The molecule has 0 saturated heterocycles. The van der Waals surface area contributed by atoms with Crippen LogP contribution in [0.4, 0.5) is 10.9 Å². The largest absolute Gasteiger partial charge is 0.384 e. The van der Waals surface area contributed by atoms with E-state index >= 15 is 0 Å². The van der Waals surface area contributed by atoms with Crippen LogP contribution in [0, 0.1) is 13.8 Å². The fourth-order valence-corrected chi connectivity index (χ4v) is 3.36. The fourth-order valence-electron chi connectivity index (χ4n) is 1.29. The second-order valence-electron chi connectivity index (χ2n) is 3.68. The topological polar surface area (TPSA) is 98.0 Å². The van der Waals surface area contributed by atoms with E-state index in [1.54, 1.807) is 0 Å². The third kappa shape index (κ3) is 2.59. The van der Waals surface area contributed by atoms with E-state index in [1.165, 1.54) is 29.7 Å². The SMILES string of the molecule is Cc1nc(NS(=O)(=O)c2ccnc(N)c2)sc1C. The molecule has 0 amide bonds. The Hall–Kier alpha value is -1.67. The number of thiazole rings is 1. The van der Waals surface area contributed by atoms with E-state index in [1.807, 2.05) is 13.8 Å². The lowest BCUT2D eigenvalue weighted by Crippen LogP contribution is -2.13. The molecule has 0 radical (unpaired) electrons. The predicted octanol–water partition coefficient (Wildman–Crippen LogP) is 1.54. The van der Waals surface area contributed by atoms with Crippen molar-refractivity contribution < 1.29 is 8.42 Å². The van der Waals surface area contributed by atoms with Crippen molar-refractivity contribution in [2.45, 2.75) is 18.7 Å². The molecule has 2 aromatic heterocycles. The van der Waals surface area contributed by atoms with Crippen LogP contribution in [0.3, 0.4) is 0 Å². The van der Waals surface area contributed by atoms with E-state index in [0.29, 0.717) is 5.13 Å². The molecule has 2 rings (SSSR count). The minimum absolute atomic E-state index is 0.0699. The minimum Gasteiger partial charge on any atom is -0.384 e. The summed E-state index contributed by atoms with van der Waals surface area (Å²) in [7, 11) is -3.66. The van der Waals surface area contributed by atoms with Crippen LogP contribution < -0.4 is 10.5 Å². The van der Waals surface area contributed by atoms with Gasteiger partial charge >= 0.3 is 0 Å². The highest BCUT2D eigenvalue weighted by molar-refractivity contribution is 7.93. The highest BCUT2D eigenvalue weighted by atomic mass is 32.2. The number of pyridine rings is 1. The molecule has 0 saturated carbocycles. The quantitative estimate of drug-likeness (QED) is 0.890. The van der Waals surface area contributed by atoms with Crippen molar-refractivity contribution in [2.75, 3.05) is 10.5 Å². The first kappa shape index (κ1) is 12.8. The van der Waals surface area contributed by atoms with Crippen LogP contribution in [0.25, 0.3) is 0 Å².